The highest BCUT2D eigenvalue weighted by atomic mass is 16.5. The summed E-state index contributed by atoms with van der Waals surface area (Å²) in [6.07, 6.45) is 3.19. The van der Waals surface area contributed by atoms with Gasteiger partial charge < -0.3 is 10.1 Å². The number of fused-ring (bicyclic) bond motifs is 1. The van der Waals surface area contributed by atoms with Crippen molar-refractivity contribution in [3.05, 3.63) is 46.3 Å². The molecule has 126 valence electrons. The van der Waals surface area contributed by atoms with Crippen molar-refractivity contribution in [2.24, 2.45) is 7.05 Å². The SMILES string of the molecule is Cc1nn(C)c(C)c1NC(=O)COC(=O)c1ccc2c(c1)CCC2. The number of nitrogens with one attached hydrogen (secondary N) is 1. The Bertz CT molecular complexity index is 808. The molecular formula is C18H21N3O3. The normalized spacial score (nSPS) is 12.8. The van der Waals surface area contributed by atoms with Crippen molar-refractivity contribution in [3.8, 4) is 0 Å². The molecule has 1 amide bonds. The Morgan fingerprint density at radius 1 is 1.25 bits per heavy atom. The molecule has 1 aromatic carbocycles. The molecule has 1 aromatic heterocycles. The quantitative estimate of drug-likeness (QED) is 0.875. The summed E-state index contributed by atoms with van der Waals surface area (Å²) in [7, 11) is 1.81. The van der Waals surface area contributed by atoms with Crippen LogP contribution in [0.15, 0.2) is 18.2 Å². The highest BCUT2D eigenvalue weighted by molar-refractivity contribution is 5.96. The van der Waals surface area contributed by atoms with Crippen LogP contribution in [0.25, 0.3) is 0 Å². The van der Waals surface area contributed by atoms with Crippen LogP contribution in [0.1, 0.15) is 39.3 Å². The third kappa shape index (κ3) is 3.18. The molecular weight excluding hydrogens is 306 g/mol. The van der Waals surface area contributed by atoms with Crippen LogP contribution >= 0.6 is 0 Å². The maximum atomic E-state index is 12.1. The zero-order valence-corrected chi connectivity index (χ0v) is 14.2. The topological polar surface area (TPSA) is 73.2 Å². The number of carbonyl (C=O) groups is 2. The van der Waals surface area contributed by atoms with E-state index in [2.05, 4.69) is 10.4 Å². The van der Waals surface area contributed by atoms with E-state index in [-0.39, 0.29) is 12.5 Å². The molecule has 1 N–H and O–H groups in total. The van der Waals surface area contributed by atoms with Crippen LogP contribution < -0.4 is 5.32 Å². The van der Waals surface area contributed by atoms with Gasteiger partial charge >= 0.3 is 5.97 Å². The molecule has 1 heterocycles. The third-order valence-corrected chi connectivity index (χ3v) is 4.44. The van der Waals surface area contributed by atoms with Gasteiger partial charge in [-0.05, 0) is 56.4 Å². The Balaban J connectivity index is 1.59. The minimum absolute atomic E-state index is 0.316. The zero-order valence-electron chi connectivity index (χ0n) is 14.2. The Morgan fingerprint density at radius 3 is 2.71 bits per heavy atom. The number of rotatable bonds is 4. The molecule has 0 atom stereocenters. The highest BCUT2D eigenvalue weighted by Gasteiger charge is 2.17. The average molecular weight is 327 g/mol. The fourth-order valence-corrected chi connectivity index (χ4v) is 3.04. The summed E-state index contributed by atoms with van der Waals surface area (Å²) in [4.78, 5) is 24.1. The number of hydrogen-bond donors (Lipinski definition) is 1. The van der Waals surface area contributed by atoms with E-state index in [1.165, 1.54) is 11.1 Å². The summed E-state index contributed by atoms with van der Waals surface area (Å²) in [6, 6.07) is 5.61. The van der Waals surface area contributed by atoms with E-state index in [9.17, 15) is 9.59 Å². The fourth-order valence-electron chi connectivity index (χ4n) is 3.04. The number of anilines is 1. The Hall–Kier alpha value is -2.63. The van der Waals surface area contributed by atoms with Gasteiger partial charge in [-0.15, -0.1) is 0 Å². The molecule has 24 heavy (non-hydrogen) atoms. The number of aromatic nitrogens is 2. The summed E-state index contributed by atoms with van der Waals surface area (Å²) in [6.45, 7) is 3.37. The van der Waals surface area contributed by atoms with Crippen molar-refractivity contribution >= 4 is 17.6 Å². The predicted octanol–water partition coefficient (Wildman–Crippen LogP) is 2.32. The molecule has 0 aliphatic heterocycles. The third-order valence-electron chi connectivity index (χ3n) is 4.44. The van der Waals surface area contributed by atoms with Crippen LogP contribution in [0.2, 0.25) is 0 Å². The van der Waals surface area contributed by atoms with E-state index < -0.39 is 5.97 Å². The maximum Gasteiger partial charge on any atom is 0.338 e. The average Bonchev–Trinajstić information content (AvgIpc) is 3.12. The molecule has 2 aromatic rings. The van der Waals surface area contributed by atoms with Crippen LogP contribution in [0, 0.1) is 13.8 Å². The molecule has 0 spiro atoms. The molecule has 0 saturated carbocycles. The van der Waals surface area contributed by atoms with Gasteiger partial charge in [0.15, 0.2) is 6.61 Å². The summed E-state index contributed by atoms with van der Waals surface area (Å²) in [5, 5.41) is 6.98. The van der Waals surface area contributed by atoms with Gasteiger partial charge in [-0.3, -0.25) is 9.48 Å². The molecule has 1 aliphatic carbocycles. The first-order valence-corrected chi connectivity index (χ1v) is 8.04. The molecule has 6 nitrogen and oxygen atoms in total. The number of amides is 1. The van der Waals surface area contributed by atoms with E-state index in [0.29, 0.717) is 11.3 Å². The van der Waals surface area contributed by atoms with Crippen molar-refractivity contribution in [1.29, 1.82) is 0 Å². The zero-order chi connectivity index (χ0) is 17.3. The van der Waals surface area contributed by atoms with Crippen LogP contribution in [0.4, 0.5) is 5.69 Å². The summed E-state index contributed by atoms with van der Waals surface area (Å²) >= 11 is 0. The van der Waals surface area contributed by atoms with Crippen molar-refractivity contribution in [2.45, 2.75) is 33.1 Å². The smallest absolute Gasteiger partial charge is 0.338 e. The first kappa shape index (κ1) is 16.2. The van der Waals surface area contributed by atoms with Crippen LogP contribution in [0.5, 0.6) is 0 Å². The fraction of sp³-hybridized carbons (Fsp3) is 0.389. The number of carbonyl (C=O) groups excluding carboxylic acids is 2. The molecule has 1 aliphatic rings. The van der Waals surface area contributed by atoms with Gasteiger partial charge in [0.05, 0.1) is 22.6 Å². The lowest BCUT2D eigenvalue weighted by molar-refractivity contribution is -0.119. The van der Waals surface area contributed by atoms with E-state index in [1.807, 2.05) is 33.0 Å². The highest BCUT2D eigenvalue weighted by Crippen LogP contribution is 2.23. The molecule has 0 unspecified atom stereocenters. The van der Waals surface area contributed by atoms with Gasteiger partial charge in [-0.1, -0.05) is 6.07 Å². The molecule has 0 radical (unpaired) electrons. The summed E-state index contributed by atoms with van der Waals surface area (Å²) < 4.78 is 6.83. The van der Waals surface area contributed by atoms with E-state index in [4.69, 9.17) is 4.74 Å². The van der Waals surface area contributed by atoms with Crippen molar-refractivity contribution < 1.29 is 14.3 Å². The Kier molecular flexibility index (Phi) is 4.38. The molecule has 3 rings (SSSR count). The number of esters is 1. The monoisotopic (exact) mass is 327 g/mol. The van der Waals surface area contributed by atoms with E-state index in [0.717, 1.165) is 30.7 Å². The second kappa shape index (κ2) is 6.47. The lowest BCUT2D eigenvalue weighted by Gasteiger charge is -2.08. The minimum atomic E-state index is -0.473. The van der Waals surface area contributed by atoms with Crippen molar-refractivity contribution in [2.75, 3.05) is 11.9 Å². The number of benzene rings is 1. The van der Waals surface area contributed by atoms with Gasteiger partial charge in [-0.25, -0.2) is 4.79 Å². The lowest BCUT2D eigenvalue weighted by atomic mass is 10.1. The predicted molar refractivity (Wildman–Crippen MR) is 90.1 cm³/mol. The Labute approximate surface area is 140 Å². The molecule has 0 fully saturated rings. The standard InChI is InChI=1S/C18H21N3O3/c1-11-17(12(2)21(3)20-11)19-16(22)10-24-18(23)15-8-7-13-5-4-6-14(13)9-15/h7-9H,4-6,10H2,1-3H3,(H,19,22). The molecule has 0 bridgehead atoms. The summed E-state index contributed by atoms with van der Waals surface area (Å²) in [5.41, 5.74) is 5.25. The second-order valence-electron chi connectivity index (χ2n) is 6.13. The van der Waals surface area contributed by atoms with E-state index in [1.54, 1.807) is 10.7 Å². The van der Waals surface area contributed by atoms with Gasteiger partial charge in [0.1, 0.15) is 0 Å². The first-order valence-electron chi connectivity index (χ1n) is 8.04. The molecule has 6 heteroatoms. The molecule has 0 saturated heterocycles. The van der Waals surface area contributed by atoms with Crippen LogP contribution in [0.3, 0.4) is 0 Å². The van der Waals surface area contributed by atoms with E-state index >= 15 is 0 Å². The Morgan fingerprint density at radius 2 is 2.00 bits per heavy atom. The number of ether oxygens (including phenoxy) is 1. The van der Waals surface area contributed by atoms with Crippen molar-refractivity contribution in [1.82, 2.24) is 9.78 Å². The van der Waals surface area contributed by atoms with Crippen LogP contribution in [-0.4, -0.2) is 28.3 Å². The van der Waals surface area contributed by atoms with Gasteiger partial charge in [-0.2, -0.15) is 5.10 Å². The van der Waals surface area contributed by atoms with Crippen molar-refractivity contribution in [3.63, 3.8) is 0 Å². The van der Waals surface area contributed by atoms with Crippen LogP contribution in [-0.2, 0) is 29.4 Å². The number of aryl methyl sites for hydroxylation is 4. The minimum Gasteiger partial charge on any atom is -0.452 e. The first-order chi connectivity index (χ1) is 11.5. The lowest BCUT2D eigenvalue weighted by Crippen LogP contribution is -2.21. The largest absolute Gasteiger partial charge is 0.452 e. The second-order valence-corrected chi connectivity index (χ2v) is 6.13. The van der Waals surface area contributed by atoms with Gasteiger partial charge in [0, 0.05) is 7.05 Å². The van der Waals surface area contributed by atoms with Gasteiger partial charge in [0.2, 0.25) is 0 Å². The number of nitrogens with zero attached hydrogens (tertiary/aromatic N) is 2. The van der Waals surface area contributed by atoms with Gasteiger partial charge in [0.25, 0.3) is 5.91 Å². The maximum absolute atomic E-state index is 12.1. The number of hydrogen-bond acceptors (Lipinski definition) is 4. The summed E-state index contributed by atoms with van der Waals surface area (Å²) in [5.74, 6) is -0.844.